The van der Waals surface area contributed by atoms with Crippen molar-refractivity contribution in [2.45, 2.75) is 44.9 Å². The molecule has 0 aliphatic carbocycles. The molecule has 0 heterocycles. The van der Waals surface area contributed by atoms with Crippen molar-refractivity contribution in [3.8, 4) is 0 Å². The monoisotopic (exact) mass is 446 g/mol. The van der Waals surface area contributed by atoms with Gasteiger partial charge in [0.2, 0.25) is 10.0 Å². The molecule has 0 aliphatic heterocycles. The van der Waals surface area contributed by atoms with Crippen LogP contribution in [0.2, 0.25) is 0 Å². The Hall–Kier alpha value is -2.71. The number of hydrogen-bond acceptors (Lipinski definition) is 5. The number of sulfonamides is 1. The number of hydrogen-bond donors (Lipinski definition) is 1. The van der Waals surface area contributed by atoms with Crippen LogP contribution in [0.4, 0.5) is 5.69 Å². The number of benzene rings is 2. The summed E-state index contributed by atoms with van der Waals surface area (Å²) in [5, 5.41) is 2.69. The minimum absolute atomic E-state index is 0.103. The van der Waals surface area contributed by atoms with Gasteiger partial charge in [0, 0.05) is 18.8 Å². The lowest BCUT2D eigenvalue weighted by molar-refractivity contribution is -0.119. The number of rotatable bonds is 10. The first-order valence-corrected chi connectivity index (χ1v) is 11.8. The number of esters is 1. The van der Waals surface area contributed by atoms with Gasteiger partial charge < -0.3 is 10.1 Å². The van der Waals surface area contributed by atoms with E-state index in [4.69, 9.17) is 4.74 Å². The fourth-order valence-electron chi connectivity index (χ4n) is 3.02. The highest BCUT2D eigenvalue weighted by Gasteiger charge is 2.22. The number of ether oxygens (including phenoxy) is 1. The van der Waals surface area contributed by atoms with Gasteiger partial charge in [0.05, 0.1) is 10.5 Å². The molecule has 8 heteroatoms. The third-order valence-corrected chi connectivity index (χ3v) is 7.21. The average molecular weight is 447 g/mol. The van der Waals surface area contributed by atoms with Gasteiger partial charge in [-0.25, -0.2) is 13.2 Å². The molecule has 2 aromatic rings. The van der Waals surface area contributed by atoms with Crippen molar-refractivity contribution in [1.29, 1.82) is 0 Å². The van der Waals surface area contributed by atoms with Gasteiger partial charge in [-0.3, -0.25) is 4.79 Å². The summed E-state index contributed by atoms with van der Waals surface area (Å²) in [6, 6.07) is 13.0. The van der Waals surface area contributed by atoms with Crippen LogP contribution in [0.1, 0.15) is 56.0 Å². The maximum Gasteiger partial charge on any atom is 0.338 e. The Balaban J connectivity index is 1.93. The van der Waals surface area contributed by atoms with Crippen LogP contribution < -0.4 is 5.32 Å². The topological polar surface area (TPSA) is 92.8 Å². The van der Waals surface area contributed by atoms with E-state index in [2.05, 4.69) is 19.2 Å². The normalized spacial score (nSPS) is 12.4. The summed E-state index contributed by atoms with van der Waals surface area (Å²) in [5.74, 6) is -0.710. The SMILES string of the molecule is CC[C@@H](C)c1ccc(NC(=O)COC(=O)c2ccc(S(=O)(=O)N(CC)CC)cc2)cc1. The van der Waals surface area contributed by atoms with E-state index < -0.39 is 28.5 Å². The number of anilines is 1. The lowest BCUT2D eigenvalue weighted by Crippen LogP contribution is -2.30. The second-order valence-electron chi connectivity index (χ2n) is 7.17. The second-order valence-corrected chi connectivity index (χ2v) is 9.11. The summed E-state index contributed by atoms with van der Waals surface area (Å²) in [7, 11) is -3.60. The highest BCUT2D eigenvalue weighted by atomic mass is 32.2. The minimum atomic E-state index is -3.60. The smallest absolute Gasteiger partial charge is 0.338 e. The van der Waals surface area contributed by atoms with Crippen molar-refractivity contribution in [3.05, 3.63) is 59.7 Å². The summed E-state index contributed by atoms with van der Waals surface area (Å²) in [6.07, 6.45) is 1.03. The van der Waals surface area contributed by atoms with Crippen LogP contribution in [-0.4, -0.2) is 44.3 Å². The Bertz CT molecular complexity index is 982. The Kier molecular flexibility index (Phi) is 8.76. The molecule has 0 aromatic heterocycles. The van der Waals surface area contributed by atoms with Crippen LogP contribution >= 0.6 is 0 Å². The molecule has 2 aromatic carbocycles. The molecule has 1 N–H and O–H groups in total. The molecule has 168 valence electrons. The van der Waals surface area contributed by atoms with E-state index in [0.29, 0.717) is 24.7 Å². The van der Waals surface area contributed by atoms with Crippen molar-refractivity contribution in [1.82, 2.24) is 4.31 Å². The zero-order valence-corrected chi connectivity index (χ0v) is 19.2. The zero-order chi connectivity index (χ0) is 23.0. The standard InChI is InChI=1S/C23H30N2O5S/c1-5-17(4)18-8-12-20(13-9-18)24-22(26)16-30-23(27)19-10-14-21(15-11-19)31(28,29)25(6-2)7-3/h8-15,17H,5-7,16H2,1-4H3,(H,24,26)/t17-/m1/s1. The molecule has 0 radical (unpaired) electrons. The predicted octanol–water partition coefficient (Wildman–Crippen LogP) is 4.03. The summed E-state index contributed by atoms with van der Waals surface area (Å²) < 4.78 is 31.4. The largest absolute Gasteiger partial charge is 0.452 e. The third kappa shape index (κ3) is 6.38. The van der Waals surface area contributed by atoms with Crippen LogP contribution in [0.3, 0.4) is 0 Å². The fraction of sp³-hybridized carbons (Fsp3) is 0.391. The van der Waals surface area contributed by atoms with Crippen LogP contribution in [0.5, 0.6) is 0 Å². The molecule has 0 saturated carbocycles. The second kappa shape index (κ2) is 11.1. The molecule has 2 rings (SSSR count). The van der Waals surface area contributed by atoms with Gasteiger partial charge in [-0.1, -0.05) is 39.8 Å². The summed E-state index contributed by atoms with van der Waals surface area (Å²) in [4.78, 5) is 24.4. The molecule has 0 aliphatic rings. The molecule has 0 spiro atoms. The molecule has 0 saturated heterocycles. The van der Waals surface area contributed by atoms with E-state index in [1.807, 2.05) is 24.3 Å². The van der Waals surface area contributed by atoms with Gasteiger partial charge in [0.25, 0.3) is 5.91 Å². The van der Waals surface area contributed by atoms with E-state index >= 15 is 0 Å². The van der Waals surface area contributed by atoms with E-state index in [0.717, 1.165) is 6.42 Å². The molecule has 1 amide bonds. The number of nitrogens with one attached hydrogen (secondary N) is 1. The van der Waals surface area contributed by atoms with Gasteiger partial charge >= 0.3 is 5.97 Å². The van der Waals surface area contributed by atoms with Crippen LogP contribution in [0.25, 0.3) is 0 Å². The Morgan fingerprint density at radius 3 is 2.06 bits per heavy atom. The molecular formula is C23H30N2O5S. The third-order valence-electron chi connectivity index (χ3n) is 5.14. The van der Waals surface area contributed by atoms with E-state index in [1.54, 1.807) is 13.8 Å². The molecular weight excluding hydrogens is 416 g/mol. The van der Waals surface area contributed by atoms with Gasteiger partial charge in [-0.2, -0.15) is 4.31 Å². The number of amides is 1. The van der Waals surface area contributed by atoms with Gasteiger partial charge in [0.1, 0.15) is 0 Å². The Morgan fingerprint density at radius 1 is 0.968 bits per heavy atom. The molecule has 0 fully saturated rings. The van der Waals surface area contributed by atoms with Crippen LogP contribution in [0, 0.1) is 0 Å². The fourth-order valence-corrected chi connectivity index (χ4v) is 4.48. The lowest BCUT2D eigenvalue weighted by Gasteiger charge is -2.18. The Labute approximate surface area is 184 Å². The zero-order valence-electron chi connectivity index (χ0n) is 18.4. The summed E-state index contributed by atoms with van der Waals surface area (Å²) in [5.41, 5.74) is 1.99. The van der Waals surface area contributed by atoms with Crippen LogP contribution in [0.15, 0.2) is 53.4 Å². The van der Waals surface area contributed by atoms with E-state index in [1.165, 1.54) is 34.1 Å². The lowest BCUT2D eigenvalue weighted by atomic mass is 9.99. The highest BCUT2D eigenvalue weighted by Crippen LogP contribution is 2.20. The first kappa shape index (κ1) is 24.6. The van der Waals surface area contributed by atoms with Crippen molar-refractivity contribution < 1.29 is 22.7 Å². The number of carbonyl (C=O) groups is 2. The quantitative estimate of drug-likeness (QED) is 0.556. The van der Waals surface area contributed by atoms with Gasteiger partial charge in [-0.05, 0) is 54.3 Å². The molecule has 0 bridgehead atoms. The highest BCUT2D eigenvalue weighted by molar-refractivity contribution is 7.89. The van der Waals surface area contributed by atoms with Gasteiger partial charge in [-0.15, -0.1) is 0 Å². The van der Waals surface area contributed by atoms with Crippen LogP contribution in [-0.2, 0) is 19.6 Å². The van der Waals surface area contributed by atoms with Crippen molar-refractivity contribution in [3.63, 3.8) is 0 Å². The molecule has 0 unspecified atom stereocenters. The molecule has 31 heavy (non-hydrogen) atoms. The summed E-state index contributed by atoms with van der Waals surface area (Å²) in [6.45, 7) is 8.06. The maximum absolute atomic E-state index is 12.5. The van der Waals surface area contributed by atoms with E-state index in [-0.39, 0.29) is 10.5 Å². The average Bonchev–Trinajstić information content (AvgIpc) is 2.78. The first-order chi connectivity index (χ1) is 14.7. The van der Waals surface area contributed by atoms with E-state index in [9.17, 15) is 18.0 Å². The first-order valence-electron chi connectivity index (χ1n) is 10.4. The number of carbonyl (C=O) groups excluding carboxylic acids is 2. The predicted molar refractivity (Wildman–Crippen MR) is 121 cm³/mol. The van der Waals surface area contributed by atoms with Crippen molar-refractivity contribution >= 4 is 27.6 Å². The van der Waals surface area contributed by atoms with Gasteiger partial charge in [0.15, 0.2) is 6.61 Å². The summed E-state index contributed by atoms with van der Waals surface area (Å²) >= 11 is 0. The number of nitrogens with zero attached hydrogens (tertiary/aromatic N) is 1. The molecule has 7 nitrogen and oxygen atoms in total. The Morgan fingerprint density at radius 2 is 1.55 bits per heavy atom. The molecule has 1 atom stereocenters. The maximum atomic E-state index is 12.5. The minimum Gasteiger partial charge on any atom is -0.452 e. The van der Waals surface area contributed by atoms with Crippen molar-refractivity contribution in [2.24, 2.45) is 0 Å². The van der Waals surface area contributed by atoms with Crippen molar-refractivity contribution in [2.75, 3.05) is 25.0 Å².